The van der Waals surface area contributed by atoms with Gasteiger partial charge in [0.2, 0.25) is 0 Å². The van der Waals surface area contributed by atoms with Crippen LogP contribution in [0.25, 0.3) is 0 Å². The number of hydrogen-bond acceptors (Lipinski definition) is 4. The molecule has 1 aliphatic heterocycles. The van der Waals surface area contributed by atoms with Crippen molar-refractivity contribution in [3.05, 3.63) is 53.1 Å². The van der Waals surface area contributed by atoms with Crippen LogP contribution in [0.1, 0.15) is 42.3 Å². The highest BCUT2D eigenvalue weighted by atomic mass is 32.2. The van der Waals surface area contributed by atoms with E-state index in [1.807, 2.05) is 20.8 Å². The average molecular weight is 374 g/mol. The van der Waals surface area contributed by atoms with Gasteiger partial charge in [0.25, 0.3) is 15.9 Å². The minimum Gasteiger partial charge on any atom is -0.505 e. The number of nitrogens with one attached hydrogen (secondary N) is 2. The molecule has 0 fully saturated rings. The molecule has 0 saturated carbocycles. The van der Waals surface area contributed by atoms with Crippen LogP contribution in [0, 0.1) is 0 Å². The number of carbonyl (C=O) groups excluding carboxylic acids is 1. The van der Waals surface area contributed by atoms with Crippen molar-refractivity contribution in [2.45, 2.75) is 37.5 Å². The quantitative estimate of drug-likeness (QED) is 0.720. The molecule has 0 saturated heterocycles. The lowest BCUT2D eigenvalue weighted by molar-refractivity contribution is 0.0945. The largest absolute Gasteiger partial charge is 0.505 e. The van der Waals surface area contributed by atoms with E-state index in [1.165, 1.54) is 18.2 Å². The fourth-order valence-electron chi connectivity index (χ4n) is 2.99. The molecule has 1 amide bonds. The zero-order valence-electron chi connectivity index (χ0n) is 15.0. The molecule has 2 aromatic carbocycles. The molecule has 2 aromatic rings. The van der Waals surface area contributed by atoms with E-state index in [0.717, 1.165) is 5.56 Å². The van der Waals surface area contributed by atoms with Gasteiger partial charge in [0.1, 0.15) is 5.75 Å². The van der Waals surface area contributed by atoms with Gasteiger partial charge >= 0.3 is 0 Å². The Labute approximate surface area is 153 Å². The highest BCUT2D eigenvalue weighted by molar-refractivity contribution is 7.92. The predicted molar refractivity (Wildman–Crippen MR) is 100 cm³/mol. The topological polar surface area (TPSA) is 95.5 Å². The molecule has 1 aliphatic rings. The standard InChI is InChI=1S/C19H22N2O4S/c1-19(2,3)15-5-4-6-16(17(15)22)21-26(24,25)13-8-7-12-9-10-20-18(23)14(12)11-13/h4-8,11,21-22H,9-10H2,1-3H3,(H,20,23). The first-order valence-corrected chi connectivity index (χ1v) is 9.84. The number of benzene rings is 2. The number of sulfonamides is 1. The highest BCUT2D eigenvalue weighted by Gasteiger charge is 2.24. The molecule has 0 aromatic heterocycles. The Balaban J connectivity index is 1.98. The number of fused-ring (bicyclic) bond motifs is 1. The number of carbonyl (C=O) groups is 1. The van der Waals surface area contributed by atoms with E-state index >= 15 is 0 Å². The summed E-state index contributed by atoms with van der Waals surface area (Å²) in [7, 11) is -3.94. The lowest BCUT2D eigenvalue weighted by Crippen LogP contribution is -2.32. The first kappa shape index (κ1) is 18.3. The molecule has 0 bridgehead atoms. The second-order valence-electron chi connectivity index (χ2n) is 7.38. The van der Waals surface area contributed by atoms with Crippen molar-refractivity contribution < 1.29 is 18.3 Å². The lowest BCUT2D eigenvalue weighted by Gasteiger charge is -2.22. The van der Waals surface area contributed by atoms with Crippen molar-refractivity contribution >= 4 is 21.6 Å². The fraction of sp³-hybridized carbons (Fsp3) is 0.316. The number of amides is 1. The van der Waals surface area contributed by atoms with Gasteiger partial charge in [-0.15, -0.1) is 0 Å². The second-order valence-corrected chi connectivity index (χ2v) is 9.06. The summed E-state index contributed by atoms with van der Waals surface area (Å²) in [5.41, 5.74) is 1.61. The second kappa shape index (κ2) is 6.32. The number of hydrogen-bond donors (Lipinski definition) is 3. The molecule has 3 N–H and O–H groups in total. The minimum atomic E-state index is -3.94. The van der Waals surface area contributed by atoms with Crippen LogP contribution in [-0.4, -0.2) is 26.0 Å². The molecule has 0 aliphatic carbocycles. The first-order chi connectivity index (χ1) is 12.1. The summed E-state index contributed by atoms with van der Waals surface area (Å²) < 4.78 is 27.9. The van der Waals surface area contributed by atoms with E-state index in [2.05, 4.69) is 10.0 Å². The number of phenols is 1. The van der Waals surface area contributed by atoms with Gasteiger partial charge in [0, 0.05) is 17.7 Å². The normalized spacial score (nSPS) is 14.5. The Morgan fingerprint density at radius 1 is 1.15 bits per heavy atom. The summed E-state index contributed by atoms with van der Waals surface area (Å²) in [6.45, 7) is 6.34. The van der Waals surface area contributed by atoms with Crippen LogP contribution in [-0.2, 0) is 21.9 Å². The molecule has 1 heterocycles. The molecule has 7 heteroatoms. The van der Waals surface area contributed by atoms with Crippen molar-refractivity contribution in [2.24, 2.45) is 0 Å². The number of anilines is 1. The lowest BCUT2D eigenvalue weighted by atomic mass is 9.86. The van der Waals surface area contributed by atoms with Gasteiger partial charge in [0.15, 0.2) is 0 Å². The smallest absolute Gasteiger partial charge is 0.262 e. The molecule has 3 rings (SSSR count). The first-order valence-electron chi connectivity index (χ1n) is 8.36. The van der Waals surface area contributed by atoms with Crippen LogP contribution in [0.5, 0.6) is 5.75 Å². The molecule has 26 heavy (non-hydrogen) atoms. The Hall–Kier alpha value is -2.54. The van der Waals surface area contributed by atoms with Crippen molar-refractivity contribution in [2.75, 3.05) is 11.3 Å². The number of rotatable bonds is 3. The van der Waals surface area contributed by atoms with Gasteiger partial charge in [-0.05, 0) is 35.6 Å². The third-order valence-corrected chi connectivity index (χ3v) is 5.77. The Bertz CT molecular complexity index is 976. The van der Waals surface area contributed by atoms with Crippen LogP contribution in [0.15, 0.2) is 41.3 Å². The zero-order chi connectivity index (χ0) is 19.1. The van der Waals surface area contributed by atoms with Crippen LogP contribution in [0.2, 0.25) is 0 Å². The predicted octanol–water partition coefficient (Wildman–Crippen LogP) is 2.78. The molecule has 138 valence electrons. The van der Waals surface area contributed by atoms with E-state index in [1.54, 1.807) is 18.2 Å². The third kappa shape index (κ3) is 3.39. The van der Waals surface area contributed by atoms with E-state index < -0.39 is 10.0 Å². The van der Waals surface area contributed by atoms with Crippen molar-refractivity contribution in [3.8, 4) is 5.75 Å². The van der Waals surface area contributed by atoms with Crippen molar-refractivity contribution in [3.63, 3.8) is 0 Å². The van der Waals surface area contributed by atoms with Crippen LogP contribution in [0.3, 0.4) is 0 Å². The summed E-state index contributed by atoms with van der Waals surface area (Å²) in [6, 6.07) is 9.47. The van der Waals surface area contributed by atoms with Gasteiger partial charge < -0.3 is 10.4 Å². The monoisotopic (exact) mass is 374 g/mol. The molecule has 6 nitrogen and oxygen atoms in total. The number of para-hydroxylation sites is 1. The molecular weight excluding hydrogens is 352 g/mol. The van der Waals surface area contributed by atoms with Gasteiger partial charge in [-0.2, -0.15) is 0 Å². The Morgan fingerprint density at radius 2 is 1.88 bits per heavy atom. The SMILES string of the molecule is CC(C)(C)c1cccc(NS(=O)(=O)c2ccc3c(c2)C(=O)NCC3)c1O. The van der Waals surface area contributed by atoms with E-state index in [9.17, 15) is 18.3 Å². The van der Waals surface area contributed by atoms with Crippen LogP contribution in [0.4, 0.5) is 5.69 Å². The summed E-state index contributed by atoms with van der Waals surface area (Å²) >= 11 is 0. The van der Waals surface area contributed by atoms with Gasteiger partial charge in [-0.25, -0.2) is 8.42 Å². The number of phenolic OH excluding ortho intramolecular Hbond substituents is 1. The van der Waals surface area contributed by atoms with Crippen LogP contribution < -0.4 is 10.0 Å². The fourth-order valence-corrected chi connectivity index (χ4v) is 4.09. The molecule has 0 atom stereocenters. The maximum Gasteiger partial charge on any atom is 0.262 e. The Kier molecular flexibility index (Phi) is 4.44. The summed E-state index contributed by atoms with van der Waals surface area (Å²) in [4.78, 5) is 11.9. The van der Waals surface area contributed by atoms with Crippen LogP contribution >= 0.6 is 0 Å². The minimum absolute atomic E-state index is 0.0196. The zero-order valence-corrected chi connectivity index (χ0v) is 15.8. The maximum absolute atomic E-state index is 12.8. The summed E-state index contributed by atoms with van der Waals surface area (Å²) in [6.07, 6.45) is 0.670. The Morgan fingerprint density at radius 3 is 2.58 bits per heavy atom. The van der Waals surface area contributed by atoms with E-state index in [-0.39, 0.29) is 27.7 Å². The number of aromatic hydroxyl groups is 1. The van der Waals surface area contributed by atoms with E-state index in [0.29, 0.717) is 24.1 Å². The highest BCUT2D eigenvalue weighted by Crippen LogP contribution is 2.36. The summed E-state index contributed by atoms with van der Waals surface area (Å²) in [5.74, 6) is -0.375. The van der Waals surface area contributed by atoms with Gasteiger partial charge in [0.05, 0.1) is 10.6 Å². The molecule has 0 unspecified atom stereocenters. The third-order valence-electron chi connectivity index (χ3n) is 4.40. The molecule has 0 spiro atoms. The maximum atomic E-state index is 12.8. The van der Waals surface area contributed by atoms with E-state index in [4.69, 9.17) is 0 Å². The van der Waals surface area contributed by atoms with Gasteiger partial charge in [-0.1, -0.05) is 39.0 Å². The summed E-state index contributed by atoms with van der Waals surface area (Å²) in [5, 5.41) is 13.2. The molecular formula is C19H22N2O4S. The average Bonchev–Trinajstić information content (AvgIpc) is 2.55. The van der Waals surface area contributed by atoms with Crippen molar-refractivity contribution in [1.82, 2.24) is 5.32 Å². The van der Waals surface area contributed by atoms with Crippen molar-refractivity contribution in [1.29, 1.82) is 0 Å². The molecule has 0 radical (unpaired) electrons. The van der Waals surface area contributed by atoms with Gasteiger partial charge in [-0.3, -0.25) is 9.52 Å².